The first-order valence-electron chi connectivity index (χ1n) is 10.2. The van der Waals surface area contributed by atoms with Crippen LogP contribution in [0.15, 0.2) is 18.2 Å². The number of fused-ring (bicyclic) bond motifs is 3. The zero-order chi connectivity index (χ0) is 19.1. The molecule has 3 nitrogen and oxygen atoms in total. The summed E-state index contributed by atoms with van der Waals surface area (Å²) in [7, 11) is 0. The number of esters is 1. The molecule has 3 heteroatoms. The lowest BCUT2D eigenvalue weighted by atomic mass is 9.49. The van der Waals surface area contributed by atoms with Crippen molar-refractivity contribution in [1.29, 1.82) is 0 Å². The predicted octanol–water partition coefficient (Wildman–Crippen LogP) is 4.74. The maximum atomic E-state index is 12.9. The fourth-order valence-electron chi connectivity index (χ4n) is 5.48. The largest absolute Gasteiger partial charge is 0.463 e. The average molecular weight is 359 g/mol. The normalized spacial score (nSPS) is 31.9. The highest BCUT2D eigenvalue weighted by Crippen LogP contribution is 2.57. The van der Waals surface area contributed by atoms with Crippen LogP contribution in [0, 0.1) is 11.3 Å². The number of carbonyl (C=O) groups excluding carboxylic acids is 1. The molecule has 0 radical (unpaired) electrons. The van der Waals surface area contributed by atoms with Crippen molar-refractivity contribution in [3.63, 3.8) is 0 Å². The van der Waals surface area contributed by atoms with E-state index in [1.165, 1.54) is 16.7 Å². The summed E-state index contributed by atoms with van der Waals surface area (Å²) in [5.74, 6) is 0.706. The van der Waals surface area contributed by atoms with Gasteiger partial charge in [0.15, 0.2) is 0 Å². The van der Waals surface area contributed by atoms with Gasteiger partial charge in [-0.25, -0.2) is 0 Å². The van der Waals surface area contributed by atoms with Crippen molar-refractivity contribution < 1.29 is 14.6 Å². The molecule has 3 rings (SSSR count). The highest BCUT2D eigenvalue weighted by atomic mass is 16.5. The average Bonchev–Trinajstić information content (AvgIpc) is 2.58. The summed E-state index contributed by atoms with van der Waals surface area (Å²) >= 11 is 0. The minimum atomic E-state index is -0.612. The second-order valence-corrected chi connectivity index (χ2v) is 9.30. The van der Waals surface area contributed by atoms with Crippen LogP contribution in [-0.2, 0) is 21.4 Å². The molecule has 2 aliphatic rings. The van der Waals surface area contributed by atoms with E-state index >= 15 is 0 Å². The Bertz CT molecular complexity index is 678. The second-order valence-electron chi connectivity index (χ2n) is 9.30. The first-order valence-corrected chi connectivity index (χ1v) is 10.2. The molecule has 1 fully saturated rings. The Morgan fingerprint density at radius 3 is 2.65 bits per heavy atom. The molecule has 1 saturated carbocycles. The van der Waals surface area contributed by atoms with Crippen LogP contribution < -0.4 is 0 Å². The van der Waals surface area contributed by atoms with Crippen molar-refractivity contribution in [2.45, 2.75) is 84.2 Å². The van der Waals surface area contributed by atoms with E-state index in [2.05, 4.69) is 45.9 Å². The zero-order valence-electron chi connectivity index (χ0n) is 17.0. The standard InChI is InChI=1S/C23H34O3/c1-15(2)17-7-9-19-18(13-17)8-10-20-22(19,4)11-6-12-23(20,5)21(25)26-14-16(3)24/h7,9,13,15-16,20,24H,6,8,10-12,14H2,1-5H3. The monoisotopic (exact) mass is 358 g/mol. The molecular weight excluding hydrogens is 324 g/mol. The minimum Gasteiger partial charge on any atom is -0.463 e. The van der Waals surface area contributed by atoms with Crippen molar-refractivity contribution in [3.8, 4) is 0 Å². The summed E-state index contributed by atoms with van der Waals surface area (Å²) in [6.07, 6.45) is 4.51. The van der Waals surface area contributed by atoms with Gasteiger partial charge in [-0.15, -0.1) is 0 Å². The molecule has 0 spiro atoms. The molecule has 26 heavy (non-hydrogen) atoms. The molecular formula is C23H34O3. The number of carbonyl (C=O) groups is 1. The lowest BCUT2D eigenvalue weighted by Gasteiger charge is -2.54. The van der Waals surface area contributed by atoms with Crippen molar-refractivity contribution in [1.82, 2.24) is 0 Å². The number of hydrogen-bond acceptors (Lipinski definition) is 3. The first kappa shape index (κ1) is 19.4. The van der Waals surface area contributed by atoms with Gasteiger partial charge in [0.05, 0.1) is 11.5 Å². The SMILES string of the molecule is CC(O)COC(=O)C1(C)CCCC2(C)c3ccc(C(C)C)cc3CCC12. The minimum absolute atomic E-state index is 0.0277. The van der Waals surface area contributed by atoms with Crippen LogP contribution in [-0.4, -0.2) is 23.8 Å². The van der Waals surface area contributed by atoms with Crippen LogP contribution in [0.3, 0.4) is 0 Å². The third-order valence-corrected chi connectivity index (χ3v) is 6.97. The van der Waals surface area contributed by atoms with Gasteiger partial charge >= 0.3 is 5.97 Å². The summed E-state index contributed by atoms with van der Waals surface area (Å²) in [6, 6.07) is 6.98. The van der Waals surface area contributed by atoms with E-state index in [0.717, 1.165) is 32.1 Å². The number of rotatable bonds is 4. The van der Waals surface area contributed by atoms with Crippen molar-refractivity contribution in [3.05, 3.63) is 34.9 Å². The van der Waals surface area contributed by atoms with Gasteiger partial charge < -0.3 is 9.84 Å². The van der Waals surface area contributed by atoms with Gasteiger partial charge in [-0.3, -0.25) is 4.79 Å². The van der Waals surface area contributed by atoms with Crippen molar-refractivity contribution in [2.24, 2.45) is 11.3 Å². The van der Waals surface area contributed by atoms with Gasteiger partial charge in [0.1, 0.15) is 6.61 Å². The fraction of sp³-hybridized carbons (Fsp3) is 0.696. The van der Waals surface area contributed by atoms with Gasteiger partial charge in [0.2, 0.25) is 0 Å². The molecule has 4 unspecified atom stereocenters. The fourth-order valence-corrected chi connectivity index (χ4v) is 5.48. The van der Waals surface area contributed by atoms with E-state index in [-0.39, 0.29) is 18.0 Å². The summed E-state index contributed by atoms with van der Waals surface area (Å²) in [6.45, 7) is 10.7. The molecule has 2 aliphatic carbocycles. The number of aryl methyl sites for hydroxylation is 1. The van der Waals surface area contributed by atoms with E-state index in [1.807, 2.05) is 0 Å². The third-order valence-electron chi connectivity index (χ3n) is 6.97. The van der Waals surface area contributed by atoms with Gasteiger partial charge in [0.25, 0.3) is 0 Å². The predicted molar refractivity (Wildman–Crippen MR) is 104 cm³/mol. The molecule has 0 heterocycles. The highest BCUT2D eigenvalue weighted by molar-refractivity contribution is 5.77. The Balaban J connectivity index is 1.94. The van der Waals surface area contributed by atoms with Crippen molar-refractivity contribution >= 4 is 5.97 Å². The van der Waals surface area contributed by atoms with E-state index < -0.39 is 11.5 Å². The van der Waals surface area contributed by atoms with E-state index in [1.54, 1.807) is 6.92 Å². The maximum Gasteiger partial charge on any atom is 0.312 e. The number of aliphatic hydroxyl groups is 1. The lowest BCUT2D eigenvalue weighted by molar-refractivity contribution is -0.167. The van der Waals surface area contributed by atoms with Gasteiger partial charge in [-0.1, -0.05) is 45.4 Å². The Morgan fingerprint density at radius 2 is 2.00 bits per heavy atom. The maximum absolute atomic E-state index is 12.9. The molecule has 0 saturated heterocycles. The van der Waals surface area contributed by atoms with Crippen LogP contribution in [0.1, 0.15) is 82.9 Å². The molecule has 1 aromatic rings. The van der Waals surface area contributed by atoms with Crippen LogP contribution in [0.25, 0.3) is 0 Å². The van der Waals surface area contributed by atoms with Gasteiger partial charge in [-0.2, -0.15) is 0 Å². The van der Waals surface area contributed by atoms with Gasteiger partial charge in [0, 0.05) is 0 Å². The molecule has 4 atom stereocenters. The van der Waals surface area contributed by atoms with Crippen LogP contribution in [0.5, 0.6) is 0 Å². The number of aliphatic hydroxyl groups excluding tert-OH is 1. The second kappa shape index (κ2) is 6.99. The number of benzene rings is 1. The van der Waals surface area contributed by atoms with Crippen LogP contribution >= 0.6 is 0 Å². The number of hydrogen-bond donors (Lipinski definition) is 1. The molecule has 0 amide bonds. The molecule has 1 N–H and O–H groups in total. The number of ether oxygens (including phenoxy) is 1. The Hall–Kier alpha value is -1.35. The third kappa shape index (κ3) is 3.19. The highest BCUT2D eigenvalue weighted by Gasteiger charge is 2.55. The summed E-state index contributed by atoms with van der Waals surface area (Å²) in [5.41, 5.74) is 3.88. The molecule has 0 bridgehead atoms. The van der Waals surface area contributed by atoms with Crippen molar-refractivity contribution in [2.75, 3.05) is 6.61 Å². The Labute approximate surface area is 158 Å². The van der Waals surface area contributed by atoms with E-state index in [0.29, 0.717) is 11.8 Å². The van der Waals surface area contributed by atoms with Crippen LogP contribution in [0.2, 0.25) is 0 Å². The molecule has 0 aromatic heterocycles. The first-order chi connectivity index (χ1) is 12.2. The quantitative estimate of drug-likeness (QED) is 0.791. The molecule has 0 aliphatic heterocycles. The Morgan fingerprint density at radius 1 is 1.27 bits per heavy atom. The van der Waals surface area contributed by atoms with E-state index in [4.69, 9.17) is 4.74 Å². The summed E-state index contributed by atoms with van der Waals surface area (Å²) in [5, 5.41) is 9.49. The summed E-state index contributed by atoms with van der Waals surface area (Å²) in [4.78, 5) is 12.9. The van der Waals surface area contributed by atoms with E-state index in [9.17, 15) is 9.90 Å². The van der Waals surface area contributed by atoms with Gasteiger partial charge in [-0.05, 0) is 73.5 Å². The Kier molecular flexibility index (Phi) is 5.22. The zero-order valence-corrected chi connectivity index (χ0v) is 17.0. The topological polar surface area (TPSA) is 46.5 Å². The molecule has 144 valence electrons. The summed E-state index contributed by atoms with van der Waals surface area (Å²) < 4.78 is 5.49. The van der Waals surface area contributed by atoms with Crippen LogP contribution in [0.4, 0.5) is 0 Å². The molecule has 1 aromatic carbocycles. The lowest BCUT2D eigenvalue weighted by Crippen LogP contribution is -2.53. The smallest absolute Gasteiger partial charge is 0.312 e.